The Morgan fingerprint density at radius 2 is 1.85 bits per heavy atom. The zero-order valence-electron chi connectivity index (χ0n) is 11.9. The number of hydrogen-bond acceptors (Lipinski definition) is 2. The highest BCUT2D eigenvalue weighted by molar-refractivity contribution is 7.10. The van der Waals surface area contributed by atoms with Gasteiger partial charge in [-0.05, 0) is 42.0 Å². The number of nitrogens with one attached hydrogen (secondary N) is 1. The van der Waals surface area contributed by atoms with Gasteiger partial charge in [-0.15, -0.1) is 11.3 Å². The minimum Gasteiger partial charge on any atom is -0.302 e. The Bertz CT molecular complexity index is 552. The van der Waals surface area contributed by atoms with Crippen LogP contribution in [-0.2, 0) is 0 Å². The third-order valence-electron chi connectivity index (χ3n) is 3.37. The smallest absolute Gasteiger partial charge is 0.0468 e. The van der Waals surface area contributed by atoms with Gasteiger partial charge in [0.25, 0.3) is 0 Å². The first-order valence-corrected chi connectivity index (χ1v) is 8.37. The van der Waals surface area contributed by atoms with E-state index in [-0.39, 0.29) is 6.04 Å². The molecule has 2 unspecified atom stereocenters. The third-order valence-corrected chi connectivity index (χ3v) is 4.89. The molecule has 1 heterocycles. The Morgan fingerprint density at radius 1 is 1.10 bits per heavy atom. The van der Waals surface area contributed by atoms with E-state index in [1.807, 2.05) is 12.1 Å². The van der Waals surface area contributed by atoms with Crippen LogP contribution in [0.1, 0.15) is 43.3 Å². The van der Waals surface area contributed by atoms with Crippen LogP contribution in [0.15, 0.2) is 35.7 Å². The van der Waals surface area contributed by atoms with Gasteiger partial charge in [-0.2, -0.15) is 0 Å². The van der Waals surface area contributed by atoms with E-state index in [0.29, 0.717) is 22.0 Å². The van der Waals surface area contributed by atoms with Gasteiger partial charge in [-0.25, -0.2) is 0 Å². The second kappa shape index (κ2) is 6.95. The van der Waals surface area contributed by atoms with Gasteiger partial charge >= 0.3 is 0 Å². The van der Waals surface area contributed by atoms with E-state index >= 15 is 0 Å². The minimum atomic E-state index is 0.175. The van der Waals surface area contributed by atoms with E-state index in [1.54, 1.807) is 17.4 Å². The highest BCUT2D eigenvalue weighted by Crippen LogP contribution is 2.31. The lowest BCUT2D eigenvalue weighted by Gasteiger charge is -2.26. The van der Waals surface area contributed by atoms with Crippen molar-refractivity contribution in [3.05, 3.63) is 56.2 Å². The predicted molar refractivity (Wildman–Crippen MR) is 89.9 cm³/mol. The van der Waals surface area contributed by atoms with Crippen LogP contribution in [0.5, 0.6) is 0 Å². The van der Waals surface area contributed by atoms with E-state index in [1.165, 1.54) is 4.88 Å². The molecule has 0 aliphatic heterocycles. The molecule has 0 amide bonds. The first-order chi connectivity index (χ1) is 9.49. The van der Waals surface area contributed by atoms with Gasteiger partial charge in [0, 0.05) is 27.0 Å². The van der Waals surface area contributed by atoms with Gasteiger partial charge in [0.15, 0.2) is 0 Å². The lowest BCUT2D eigenvalue weighted by atomic mass is 9.99. The van der Waals surface area contributed by atoms with Crippen LogP contribution in [-0.4, -0.2) is 0 Å². The Hall–Kier alpha value is -0.540. The average Bonchev–Trinajstić information content (AvgIpc) is 2.88. The Labute approximate surface area is 134 Å². The standard InChI is InChI=1S/C16H19Cl2NS/c1-10(2)16(15-5-4-8-20-15)19-11(3)13-7-6-12(17)9-14(13)18/h4-11,16,19H,1-3H3. The van der Waals surface area contributed by atoms with Crippen LogP contribution in [0.2, 0.25) is 10.0 Å². The monoisotopic (exact) mass is 327 g/mol. The SMILES string of the molecule is CC(NC(c1cccs1)C(C)C)c1ccc(Cl)cc1Cl. The molecule has 108 valence electrons. The van der Waals surface area contributed by atoms with Gasteiger partial charge in [-0.3, -0.25) is 0 Å². The van der Waals surface area contributed by atoms with Crippen molar-refractivity contribution in [2.75, 3.05) is 0 Å². The zero-order chi connectivity index (χ0) is 14.7. The molecular formula is C16H19Cl2NS. The molecule has 1 N–H and O–H groups in total. The van der Waals surface area contributed by atoms with Gasteiger partial charge in [0.1, 0.15) is 0 Å². The molecule has 1 nitrogen and oxygen atoms in total. The summed E-state index contributed by atoms with van der Waals surface area (Å²) in [6.07, 6.45) is 0. The normalized spacial score (nSPS) is 14.5. The maximum atomic E-state index is 6.29. The summed E-state index contributed by atoms with van der Waals surface area (Å²) < 4.78 is 0. The van der Waals surface area contributed by atoms with E-state index in [4.69, 9.17) is 23.2 Å². The summed E-state index contributed by atoms with van der Waals surface area (Å²) in [5, 5.41) is 7.18. The summed E-state index contributed by atoms with van der Waals surface area (Å²) in [6, 6.07) is 10.5. The third kappa shape index (κ3) is 3.76. The minimum absolute atomic E-state index is 0.175. The highest BCUT2D eigenvalue weighted by Gasteiger charge is 2.20. The summed E-state index contributed by atoms with van der Waals surface area (Å²) in [5.74, 6) is 0.516. The Balaban J connectivity index is 2.18. The van der Waals surface area contributed by atoms with Gasteiger partial charge < -0.3 is 5.32 Å². The molecule has 0 saturated carbocycles. The molecule has 2 aromatic rings. The number of halogens is 2. The molecule has 2 atom stereocenters. The topological polar surface area (TPSA) is 12.0 Å². The van der Waals surface area contributed by atoms with Gasteiger partial charge in [-0.1, -0.05) is 49.2 Å². The summed E-state index contributed by atoms with van der Waals surface area (Å²) in [7, 11) is 0. The molecule has 20 heavy (non-hydrogen) atoms. The van der Waals surface area contributed by atoms with Crippen LogP contribution >= 0.6 is 34.5 Å². The van der Waals surface area contributed by atoms with Crippen molar-refractivity contribution in [3.63, 3.8) is 0 Å². The molecule has 0 spiro atoms. The van der Waals surface area contributed by atoms with Crippen molar-refractivity contribution in [1.29, 1.82) is 0 Å². The quantitative estimate of drug-likeness (QED) is 0.699. The molecule has 0 radical (unpaired) electrons. The largest absolute Gasteiger partial charge is 0.302 e. The van der Waals surface area contributed by atoms with E-state index in [9.17, 15) is 0 Å². The summed E-state index contributed by atoms with van der Waals surface area (Å²) in [6.45, 7) is 6.60. The summed E-state index contributed by atoms with van der Waals surface area (Å²) >= 11 is 14.0. The molecule has 4 heteroatoms. The van der Waals surface area contributed by atoms with Crippen molar-refractivity contribution in [2.24, 2.45) is 5.92 Å². The maximum Gasteiger partial charge on any atom is 0.0468 e. The molecule has 0 fully saturated rings. The fourth-order valence-electron chi connectivity index (χ4n) is 2.28. The molecule has 0 saturated heterocycles. The van der Waals surface area contributed by atoms with Crippen LogP contribution < -0.4 is 5.32 Å². The lowest BCUT2D eigenvalue weighted by molar-refractivity contribution is 0.379. The van der Waals surface area contributed by atoms with Crippen LogP contribution in [0, 0.1) is 5.92 Å². The molecular weight excluding hydrogens is 309 g/mol. The fourth-order valence-corrected chi connectivity index (χ4v) is 3.81. The number of hydrogen-bond donors (Lipinski definition) is 1. The van der Waals surface area contributed by atoms with Crippen molar-refractivity contribution in [2.45, 2.75) is 32.9 Å². The Kier molecular flexibility index (Phi) is 5.50. The highest BCUT2D eigenvalue weighted by atomic mass is 35.5. The molecule has 2 rings (SSSR count). The number of thiophene rings is 1. The number of benzene rings is 1. The average molecular weight is 328 g/mol. The number of rotatable bonds is 5. The van der Waals surface area contributed by atoms with Crippen molar-refractivity contribution in [1.82, 2.24) is 5.32 Å². The zero-order valence-corrected chi connectivity index (χ0v) is 14.2. The maximum absolute atomic E-state index is 6.29. The summed E-state index contributed by atoms with van der Waals surface area (Å²) in [4.78, 5) is 1.36. The second-order valence-corrected chi connectivity index (χ2v) is 7.11. The first-order valence-electron chi connectivity index (χ1n) is 6.73. The van der Waals surface area contributed by atoms with Crippen molar-refractivity contribution in [3.8, 4) is 0 Å². The van der Waals surface area contributed by atoms with Gasteiger partial charge in [0.05, 0.1) is 0 Å². The first kappa shape index (κ1) is 15.8. The molecule has 0 aliphatic carbocycles. The van der Waals surface area contributed by atoms with Crippen LogP contribution in [0.25, 0.3) is 0 Å². The molecule has 0 aliphatic rings. The molecule has 0 bridgehead atoms. The second-order valence-electron chi connectivity index (χ2n) is 5.29. The van der Waals surface area contributed by atoms with E-state index in [0.717, 1.165) is 5.56 Å². The van der Waals surface area contributed by atoms with Crippen molar-refractivity contribution >= 4 is 34.5 Å². The lowest BCUT2D eigenvalue weighted by Crippen LogP contribution is -2.28. The fraction of sp³-hybridized carbons (Fsp3) is 0.375. The molecule has 1 aromatic heterocycles. The van der Waals surface area contributed by atoms with Crippen molar-refractivity contribution < 1.29 is 0 Å². The van der Waals surface area contributed by atoms with Gasteiger partial charge in [0.2, 0.25) is 0 Å². The van der Waals surface area contributed by atoms with E-state index in [2.05, 4.69) is 43.6 Å². The summed E-state index contributed by atoms with van der Waals surface area (Å²) in [5.41, 5.74) is 1.08. The predicted octanol–water partition coefficient (Wildman–Crippen LogP) is 6.10. The molecule has 1 aromatic carbocycles. The van der Waals surface area contributed by atoms with Crippen LogP contribution in [0.3, 0.4) is 0 Å². The Morgan fingerprint density at radius 3 is 2.40 bits per heavy atom. The van der Waals surface area contributed by atoms with Crippen LogP contribution in [0.4, 0.5) is 0 Å². The van der Waals surface area contributed by atoms with E-state index < -0.39 is 0 Å².